The second-order valence-electron chi connectivity index (χ2n) is 8.18. The minimum Gasteiger partial charge on any atom is -0.496 e. The van der Waals surface area contributed by atoms with E-state index >= 15 is 0 Å². The number of ether oxygens (including phenoxy) is 3. The van der Waals surface area contributed by atoms with Crippen molar-refractivity contribution in [1.29, 1.82) is 0 Å². The number of amides is 1. The first-order valence-electron chi connectivity index (χ1n) is 10.6. The second-order valence-corrected chi connectivity index (χ2v) is 8.18. The molecule has 7 heteroatoms. The molecule has 2 N–H and O–H groups in total. The zero-order chi connectivity index (χ0) is 22.0. The molecule has 0 saturated heterocycles. The predicted octanol–water partition coefficient (Wildman–Crippen LogP) is 4.29. The molecule has 0 spiro atoms. The quantitative estimate of drug-likeness (QED) is 0.673. The topological polar surface area (TPSA) is 85.9 Å². The van der Waals surface area contributed by atoms with Gasteiger partial charge in [-0.3, -0.25) is 0 Å². The molecular weight excluding hydrogens is 396 g/mol. The van der Waals surface area contributed by atoms with Crippen LogP contribution in [0.4, 0.5) is 10.5 Å². The lowest BCUT2D eigenvalue weighted by atomic mass is 9.81. The zero-order valence-electron chi connectivity index (χ0n) is 18.0. The maximum atomic E-state index is 12.7. The lowest BCUT2D eigenvalue weighted by Crippen LogP contribution is -2.45. The number of anilines is 1. The molecule has 7 nitrogen and oxygen atoms in total. The molecule has 2 aromatic rings. The minimum atomic E-state index is -0.487. The van der Waals surface area contributed by atoms with Crippen LogP contribution in [0.15, 0.2) is 42.5 Å². The number of hydrogen-bond acceptors (Lipinski definition) is 6. The van der Waals surface area contributed by atoms with Gasteiger partial charge in [0.2, 0.25) is 0 Å². The summed E-state index contributed by atoms with van der Waals surface area (Å²) < 4.78 is 15.8. The first-order chi connectivity index (χ1) is 15.0. The molecule has 2 aliphatic rings. The summed E-state index contributed by atoms with van der Waals surface area (Å²) >= 11 is 0. The molecule has 164 valence electrons. The van der Waals surface area contributed by atoms with E-state index in [0.717, 1.165) is 16.8 Å². The average Bonchev–Trinajstić information content (AvgIpc) is 3.64. The molecule has 0 bridgehead atoms. The van der Waals surface area contributed by atoms with Crippen LogP contribution in [-0.4, -0.2) is 32.3 Å². The molecule has 4 rings (SSSR count). The van der Waals surface area contributed by atoms with E-state index in [1.54, 1.807) is 6.07 Å². The van der Waals surface area contributed by atoms with Gasteiger partial charge in [0.05, 0.1) is 20.3 Å². The number of hydrogen-bond donors (Lipinski definition) is 2. The van der Waals surface area contributed by atoms with Crippen molar-refractivity contribution in [3.63, 3.8) is 0 Å². The first-order valence-corrected chi connectivity index (χ1v) is 10.6. The van der Waals surface area contributed by atoms with Crippen molar-refractivity contribution in [3.8, 4) is 5.75 Å². The van der Waals surface area contributed by atoms with Gasteiger partial charge in [0, 0.05) is 23.7 Å². The molecule has 1 saturated carbocycles. The van der Waals surface area contributed by atoms with Crippen LogP contribution in [0.1, 0.15) is 47.3 Å². The lowest BCUT2D eigenvalue weighted by Gasteiger charge is -2.39. The van der Waals surface area contributed by atoms with E-state index in [4.69, 9.17) is 14.2 Å². The minimum absolute atomic E-state index is 0.114. The zero-order valence-corrected chi connectivity index (χ0v) is 18.0. The van der Waals surface area contributed by atoms with Gasteiger partial charge in [-0.2, -0.15) is 0 Å². The Morgan fingerprint density at radius 3 is 2.52 bits per heavy atom. The Labute approximate surface area is 182 Å². The number of carbonyl (C=O) groups is 2. The van der Waals surface area contributed by atoms with Gasteiger partial charge in [-0.25, -0.2) is 9.59 Å². The van der Waals surface area contributed by atoms with E-state index in [1.807, 2.05) is 36.4 Å². The summed E-state index contributed by atoms with van der Waals surface area (Å²) in [5, 5.41) is 6.64. The Kier molecular flexibility index (Phi) is 6.02. The standard InChI is InChI=1S/C24H28N2O5/c1-14-21(16-9-10-16)25-19-12-20(29-2)18(23(27)30-3)11-17(19)22(14)26-24(28)31-13-15-7-5-4-6-8-15/h4-8,11-12,14,16,21-22,25H,9-10,13H2,1-3H3,(H,26,28)/t14-,21+,22?/m0/s1. The Morgan fingerprint density at radius 1 is 1.13 bits per heavy atom. The summed E-state index contributed by atoms with van der Waals surface area (Å²) in [4.78, 5) is 25.0. The van der Waals surface area contributed by atoms with Crippen LogP contribution >= 0.6 is 0 Å². The number of fused-ring (bicyclic) bond motifs is 1. The number of alkyl carbamates (subject to hydrolysis) is 1. The molecule has 31 heavy (non-hydrogen) atoms. The summed E-state index contributed by atoms with van der Waals surface area (Å²) in [5.41, 5.74) is 2.92. The third-order valence-corrected chi connectivity index (χ3v) is 6.14. The monoisotopic (exact) mass is 424 g/mol. The van der Waals surface area contributed by atoms with Crippen LogP contribution in [0.2, 0.25) is 0 Å². The van der Waals surface area contributed by atoms with Crippen LogP contribution in [0, 0.1) is 11.8 Å². The third-order valence-electron chi connectivity index (χ3n) is 6.14. The van der Waals surface area contributed by atoms with Crippen molar-refractivity contribution < 1.29 is 23.8 Å². The van der Waals surface area contributed by atoms with Gasteiger partial charge in [-0.05, 0) is 36.0 Å². The fourth-order valence-electron chi connectivity index (χ4n) is 4.32. The molecule has 1 unspecified atom stereocenters. The molecule has 3 atom stereocenters. The van der Waals surface area contributed by atoms with Crippen molar-refractivity contribution >= 4 is 17.7 Å². The van der Waals surface area contributed by atoms with Gasteiger partial charge in [0.1, 0.15) is 17.9 Å². The number of rotatable bonds is 6. The molecule has 0 aromatic heterocycles. The molecule has 0 radical (unpaired) electrons. The number of nitrogens with one attached hydrogen (secondary N) is 2. The third kappa shape index (κ3) is 4.45. The number of methoxy groups -OCH3 is 2. The van der Waals surface area contributed by atoms with Crippen LogP contribution < -0.4 is 15.4 Å². The predicted molar refractivity (Wildman–Crippen MR) is 116 cm³/mol. The number of benzene rings is 2. The number of esters is 1. The normalized spacial score (nSPS) is 22.0. The first kappa shape index (κ1) is 21.0. The lowest BCUT2D eigenvalue weighted by molar-refractivity contribution is 0.0597. The van der Waals surface area contributed by atoms with Crippen LogP contribution in [0.25, 0.3) is 0 Å². The maximum absolute atomic E-state index is 12.7. The molecular formula is C24H28N2O5. The van der Waals surface area contributed by atoms with Crippen molar-refractivity contribution in [3.05, 3.63) is 59.2 Å². The molecule has 1 amide bonds. The molecule has 1 heterocycles. The highest BCUT2D eigenvalue weighted by Crippen LogP contribution is 2.47. The van der Waals surface area contributed by atoms with Gasteiger partial charge in [0.15, 0.2) is 0 Å². The summed E-state index contributed by atoms with van der Waals surface area (Å²) in [6.45, 7) is 2.31. The van der Waals surface area contributed by atoms with Crippen molar-refractivity contribution in [2.75, 3.05) is 19.5 Å². The Balaban J connectivity index is 1.60. The van der Waals surface area contributed by atoms with Crippen LogP contribution in [-0.2, 0) is 16.1 Å². The van der Waals surface area contributed by atoms with Crippen LogP contribution in [0.3, 0.4) is 0 Å². The summed E-state index contributed by atoms with van der Waals surface area (Å²) in [7, 11) is 2.86. The summed E-state index contributed by atoms with van der Waals surface area (Å²) in [6, 6.07) is 13.0. The van der Waals surface area contributed by atoms with Gasteiger partial charge in [0.25, 0.3) is 0 Å². The van der Waals surface area contributed by atoms with Gasteiger partial charge >= 0.3 is 12.1 Å². The SMILES string of the molecule is COC(=O)c1cc2c(cc1OC)N[C@@H](C1CC1)[C@H](C)C2NC(=O)OCc1ccccc1. The highest BCUT2D eigenvalue weighted by molar-refractivity contribution is 5.94. The second kappa shape index (κ2) is 8.88. The largest absolute Gasteiger partial charge is 0.496 e. The Morgan fingerprint density at radius 2 is 1.87 bits per heavy atom. The summed E-state index contributed by atoms with van der Waals surface area (Å²) in [6.07, 6.45) is 1.85. The average molecular weight is 424 g/mol. The fraction of sp³-hybridized carbons (Fsp3) is 0.417. The Bertz CT molecular complexity index is 958. The molecule has 2 aromatic carbocycles. The van der Waals surface area contributed by atoms with E-state index < -0.39 is 12.1 Å². The maximum Gasteiger partial charge on any atom is 0.407 e. The highest BCUT2D eigenvalue weighted by Gasteiger charge is 2.43. The van der Waals surface area contributed by atoms with Gasteiger partial charge in [-0.1, -0.05) is 37.3 Å². The molecule has 1 aliphatic heterocycles. The molecule has 1 aliphatic carbocycles. The van der Waals surface area contributed by atoms with Crippen LogP contribution in [0.5, 0.6) is 5.75 Å². The van der Waals surface area contributed by atoms with E-state index in [9.17, 15) is 9.59 Å². The smallest absolute Gasteiger partial charge is 0.407 e. The van der Waals surface area contributed by atoms with E-state index in [2.05, 4.69) is 17.6 Å². The van der Waals surface area contributed by atoms with Gasteiger partial charge in [-0.15, -0.1) is 0 Å². The number of carbonyl (C=O) groups excluding carboxylic acids is 2. The van der Waals surface area contributed by atoms with E-state index in [1.165, 1.54) is 27.1 Å². The van der Waals surface area contributed by atoms with Crippen molar-refractivity contribution in [2.45, 2.75) is 38.5 Å². The Hall–Kier alpha value is -3.22. The fourth-order valence-corrected chi connectivity index (χ4v) is 4.32. The van der Waals surface area contributed by atoms with E-state index in [-0.39, 0.29) is 24.6 Å². The molecule has 1 fully saturated rings. The van der Waals surface area contributed by atoms with Gasteiger partial charge < -0.3 is 24.8 Å². The highest BCUT2D eigenvalue weighted by atomic mass is 16.5. The van der Waals surface area contributed by atoms with Crippen molar-refractivity contribution in [2.24, 2.45) is 11.8 Å². The van der Waals surface area contributed by atoms with Crippen molar-refractivity contribution in [1.82, 2.24) is 5.32 Å². The van der Waals surface area contributed by atoms with E-state index in [0.29, 0.717) is 17.2 Å². The summed E-state index contributed by atoms with van der Waals surface area (Å²) in [5.74, 6) is 0.636.